The summed E-state index contributed by atoms with van der Waals surface area (Å²) in [5.41, 5.74) is 1.16. The molecule has 1 aromatic rings. The smallest absolute Gasteiger partial charge is 0.231 e. The van der Waals surface area contributed by atoms with E-state index < -0.39 is 0 Å². The average Bonchev–Trinajstić information content (AvgIpc) is 2.90. The molecule has 3 nitrogen and oxygen atoms in total. The molecule has 0 spiro atoms. The summed E-state index contributed by atoms with van der Waals surface area (Å²) in [5.74, 6) is 3.10. The van der Waals surface area contributed by atoms with Crippen LogP contribution in [0.2, 0.25) is 5.02 Å². The molecule has 1 fully saturated rings. The molecule has 0 aromatic heterocycles. The molecule has 1 heterocycles. The number of nitrogens with one attached hydrogen (secondary N) is 1. The molecule has 20 heavy (non-hydrogen) atoms. The lowest BCUT2D eigenvalue weighted by Gasteiger charge is -2.28. The molecule has 1 saturated carbocycles. The number of fused-ring (bicyclic) bond motifs is 1. The minimum atomic E-state index is 0.269. The summed E-state index contributed by atoms with van der Waals surface area (Å²) < 4.78 is 10.7. The monoisotopic (exact) mass is 295 g/mol. The van der Waals surface area contributed by atoms with Crippen molar-refractivity contribution in [3.63, 3.8) is 0 Å². The van der Waals surface area contributed by atoms with Gasteiger partial charge in [-0.25, -0.2) is 0 Å². The summed E-state index contributed by atoms with van der Waals surface area (Å²) in [5, 5.41) is 4.21. The van der Waals surface area contributed by atoms with Crippen LogP contribution < -0.4 is 14.8 Å². The number of benzene rings is 1. The van der Waals surface area contributed by atoms with Crippen molar-refractivity contribution < 1.29 is 9.47 Å². The fraction of sp³-hybridized carbons (Fsp3) is 0.625. The van der Waals surface area contributed by atoms with Crippen molar-refractivity contribution in [1.82, 2.24) is 5.32 Å². The van der Waals surface area contributed by atoms with Crippen LogP contribution in [0.15, 0.2) is 12.1 Å². The van der Waals surface area contributed by atoms with E-state index in [0.717, 1.165) is 36.2 Å². The van der Waals surface area contributed by atoms with Gasteiger partial charge in [-0.05, 0) is 42.5 Å². The summed E-state index contributed by atoms with van der Waals surface area (Å²) in [6.45, 7) is 4.57. The van der Waals surface area contributed by atoms with Crippen LogP contribution in [-0.2, 0) is 6.54 Å². The zero-order valence-electron chi connectivity index (χ0n) is 12.0. The van der Waals surface area contributed by atoms with Gasteiger partial charge in [-0.2, -0.15) is 0 Å². The molecule has 0 bridgehead atoms. The highest BCUT2D eigenvalue weighted by Crippen LogP contribution is 2.39. The van der Waals surface area contributed by atoms with Gasteiger partial charge in [-0.3, -0.25) is 0 Å². The van der Waals surface area contributed by atoms with Crippen molar-refractivity contribution in [3.8, 4) is 11.5 Å². The third-order valence-corrected chi connectivity index (χ3v) is 4.79. The van der Waals surface area contributed by atoms with E-state index in [1.165, 1.54) is 25.7 Å². The Hall–Kier alpha value is -0.930. The summed E-state index contributed by atoms with van der Waals surface area (Å²) in [4.78, 5) is 0. The summed E-state index contributed by atoms with van der Waals surface area (Å²) in [6.07, 6.45) is 5.51. The lowest BCUT2D eigenvalue weighted by molar-refractivity contribution is 0.174. The van der Waals surface area contributed by atoms with Crippen LogP contribution in [0.5, 0.6) is 11.5 Å². The third-order valence-electron chi connectivity index (χ3n) is 4.51. The molecular formula is C16H22ClNO2. The molecule has 3 rings (SSSR count). The number of halogens is 1. The highest BCUT2D eigenvalue weighted by atomic mass is 35.5. The van der Waals surface area contributed by atoms with Crippen LogP contribution in [0.4, 0.5) is 0 Å². The van der Waals surface area contributed by atoms with Gasteiger partial charge in [0.15, 0.2) is 11.5 Å². The first-order valence-electron chi connectivity index (χ1n) is 7.53. The van der Waals surface area contributed by atoms with Crippen molar-refractivity contribution in [3.05, 3.63) is 22.7 Å². The summed E-state index contributed by atoms with van der Waals surface area (Å²) in [7, 11) is 0. The number of hydrogen-bond acceptors (Lipinski definition) is 3. The standard InChI is InChI=1S/C16H22ClNO2/c1-11-4-2-3-5-13(11)9-18-8-12-6-14(17)16-15(7-12)19-10-20-16/h6-7,11,13,18H,2-5,8-10H2,1H3. The molecule has 0 saturated heterocycles. The maximum absolute atomic E-state index is 6.19. The van der Waals surface area contributed by atoms with E-state index in [4.69, 9.17) is 21.1 Å². The largest absolute Gasteiger partial charge is 0.454 e. The van der Waals surface area contributed by atoms with Crippen molar-refractivity contribution in [2.45, 2.75) is 39.2 Å². The quantitative estimate of drug-likeness (QED) is 0.911. The number of rotatable bonds is 4. The van der Waals surface area contributed by atoms with Gasteiger partial charge in [0.2, 0.25) is 6.79 Å². The zero-order valence-corrected chi connectivity index (χ0v) is 12.7. The van der Waals surface area contributed by atoms with Crippen LogP contribution >= 0.6 is 11.6 Å². The Balaban J connectivity index is 1.55. The van der Waals surface area contributed by atoms with Gasteiger partial charge in [0.25, 0.3) is 0 Å². The molecule has 2 atom stereocenters. The molecule has 1 N–H and O–H groups in total. The SMILES string of the molecule is CC1CCCCC1CNCc1cc(Cl)c2c(c1)OCO2. The van der Waals surface area contributed by atoms with Crippen molar-refractivity contribution in [1.29, 1.82) is 0 Å². The van der Waals surface area contributed by atoms with E-state index in [1.807, 2.05) is 12.1 Å². The van der Waals surface area contributed by atoms with Gasteiger partial charge in [0.1, 0.15) is 0 Å². The van der Waals surface area contributed by atoms with E-state index in [1.54, 1.807) is 0 Å². The second kappa shape index (κ2) is 6.23. The first-order valence-corrected chi connectivity index (χ1v) is 7.90. The molecule has 1 aromatic carbocycles. The highest BCUT2D eigenvalue weighted by Gasteiger charge is 2.21. The highest BCUT2D eigenvalue weighted by molar-refractivity contribution is 6.32. The molecule has 0 amide bonds. The van der Waals surface area contributed by atoms with Gasteiger partial charge in [0.05, 0.1) is 5.02 Å². The van der Waals surface area contributed by atoms with E-state index in [2.05, 4.69) is 12.2 Å². The number of hydrogen-bond donors (Lipinski definition) is 1. The molecule has 4 heteroatoms. The van der Waals surface area contributed by atoms with Gasteiger partial charge in [-0.15, -0.1) is 0 Å². The molecule has 1 aliphatic carbocycles. The maximum Gasteiger partial charge on any atom is 0.231 e. The lowest BCUT2D eigenvalue weighted by Crippen LogP contribution is -2.29. The van der Waals surface area contributed by atoms with Gasteiger partial charge in [0, 0.05) is 6.54 Å². The van der Waals surface area contributed by atoms with E-state index >= 15 is 0 Å². The Kier molecular flexibility index (Phi) is 4.37. The Morgan fingerprint density at radius 2 is 2.10 bits per heavy atom. The molecule has 2 aliphatic rings. The minimum absolute atomic E-state index is 0.269. The van der Waals surface area contributed by atoms with Gasteiger partial charge >= 0.3 is 0 Å². The van der Waals surface area contributed by atoms with Crippen molar-refractivity contribution >= 4 is 11.6 Å². The van der Waals surface area contributed by atoms with Crippen LogP contribution in [-0.4, -0.2) is 13.3 Å². The second-order valence-electron chi connectivity index (χ2n) is 5.96. The van der Waals surface area contributed by atoms with Crippen molar-refractivity contribution in [2.24, 2.45) is 11.8 Å². The van der Waals surface area contributed by atoms with Crippen LogP contribution in [0.3, 0.4) is 0 Å². The molecule has 110 valence electrons. The van der Waals surface area contributed by atoms with Crippen molar-refractivity contribution in [2.75, 3.05) is 13.3 Å². The Morgan fingerprint density at radius 3 is 2.95 bits per heavy atom. The summed E-state index contributed by atoms with van der Waals surface area (Å²) >= 11 is 6.19. The fourth-order valence-corrected chi connectivity index (χ4v) is 3.51. The topological polar surface area (TPSA) is 30.5 Å². The average molecular weight is 296 g/mol. The molecule has 0 radical (unpaired) electrons. The first kappa shape index (κ1) is 14.0. The zero-order chi connectivity index (χ0) is 13.9. The molecule has 1 aliphatic heterocycles. The first-order chi connectivity index (χ1) is 9.74. The van der Waals surface area contributed by atoms with E-state index in [9.17, 15) is 0 Å². The Morgan fingerprint density at radius 1 is 1.25 bits per heavy atom. The number of ether oxygens (including phenoxy) is 2. The summed E-state index contributed by atoms with van der Waals surface area (Å²) in [6, 6.07) is 3.98. The molecular weight excluding hydrogens is 274 g/mol. The Labute approximate surface area is 125 Å². The van der Waals surface area contributed by atoms with Crippen LogP contribution in [0.25, 0.3) is 0 Å². The van der Waals surface area contributed by atoms with Crippen LogP contribution in [0, 0.1) is 11.8 Å². The molecule has 2 unspecified atom stereocenters. The predicted octanol–water partition coefficient (Wildman–Crippen LogP) is 3.98. The maximum atomic E-state index is 6.19. The van der Waals surface area contributed by atoms with Crippen LogP contribution in [0.1, 0.15) is 38.2 Å². The van der Waals surface area contributed by atoms with Gasteiger partial charge in [-0.1, -0.05) is 37.8 Å². The Bertz CT molecular complexity index is 478. The van der Waals surface area contributed by atoms with E-state index in [-0.39, 0.29) is 6.79 Å². The predicted molar refractivity (Wildman–Crippen MR) is 80.4 cm³/mol. The second-order valence-corrected chi connectivity index (χ2v) is 6.37. The van der Waals surface area contributed by atoms with E-state index in [0.29, 0.717) is 10.8 Å². The lowest BCUT2D eigenvalue weighted by atomic mass is 9.80. The fourth-order valence-electron chi connectivity index (χ4n) is 3.22. The minimum Gasteiger partial charge on any atom is -0.454 e. The van der Waals surface area contributed by atoms with Gasteiger partial charge < -0.3 is 14.8 Å². The normalized spacial score (nSPS) is 24.9. The third kappa shape index (κ3) is 3.04.